The molecule has 6 rings (SSSR count). The van der Waals surface area contributed by atoms with E-state index in [2.05, 4.69) is 56.4 Å². The van der Waals surface area contributed by atoms with Gasteiger partial charge in [-0.1, -0.05) is 17.3 Å². The third-order valence-corrected chi connectivity index (χ3v) is 6.55. The van der Waals surface area contributed by atoms with E-state index in [0.29, 0.717) is 0 Å². The first-order valence-corrected chi connectivity index (χ1v) is 9.11. The molecule has 1 N–H and O–H groups in total. The number of fused-ring (bicyclic) bond motifs is 1. The predicted molar refractivity (Wildman–Crippen MR) is 94.1 cm³/mol. The van der Waals surface area contributed by atoms with E-state index in [1.807, 2.05) is 6.07 Å². The molecule has 0 radical (unpaired) electrons. The second-order valence-corrected chi connectivity index (χ2v) is 7.71. The van der Waals surface area contributed by atoms with Crippen LogP contribution in [0.3, 0.4) is 0 Å². The summed E-state index contributed by atoms with van der Waals surface area (Å²) in [6.45, 7) is 0. The van der Waals surface area contributed by atoms with Crippen LogP contribution >= 0.6 is 0 Å². The van der Waals surface area contributed by atoms with Crippen LogP contribution in [0.1, 0.15) is 25.7 Å². The molecule has 3 aliphatic rings. The SMILES string of the molecule is COc1ccc2cc(-c3c[n+](C45CC6CC[C@H](C4)N65)[nH]n3)ccc2c1. The maximum Gasteiger partial charge on any atom is 0.248 e. The minimum Gasteiger partial charge on any atom is -0.497 e. The van der Waals surface area contributed by atoms with Crippen molar-refractivity contribution < 1.29 is 9.42 Å². The van der Waals surface area contributed by atoms with Crippen LogP contribution in [0.4, 0.5) is 0 Å². The molecule has 5 nitrogen and oxygen atoms in total. The quantitative estimate of drug-likeness (QED) is 0.750. The van der Waals surface area contributed by atoms with Gasteiger partial charge in [0, 0.05) is 35.6 Å². The van der Waals surface area contributed by atoms with Crippen molar-refractivity contribution in [1.29, 1.82) is 0 Å². The average Bonchev–Trinajstić information content (AvgIpc) is 3.14. The molecule has 0 bridgehead atoms. The van der Waals surface area contributed by atoms with Crippen molar-refractivity contribution in [1.82, 2.24) is 15.2 Å². The average molecular weight is 333 g/mol. The van der Waals surface area contributed by atoms with E-state index >= 15 is 0 Å². The number of hydrogen-bond donors (Lipinski definition) is 1. The first-order valence-electron chi connectivity index (χ1n) is 9.11. The number of methoxy groups -OCH3 is 1. The fraction of sp³-hybridized carbons (Fsp3) is 0.400. The van der Waals surface area contributed by atoms with Gasteiger partial charge in [-0.05, 0) is 47.9 Å². The Labute approximate surface area is 146 Å². The molecule has 2 aromatic carbocycles. The smallest absolute Gasteiger partial charge is 0.248 e. The van der Waals surface area contributed by atoms with E-state index < -0.39 is 0 Å². The molecule has 0 saturated carbocycles. The Kier molecular flexibility index (Phi) is 2.55. The van der Waals surface area contributed by atoms with Gasteiger partial charge in [-0.15, -0.1) is 4.68 Å². The summed E-state index contributed by atoms with van der Waals surface area (Å²) in [5, 5.41) is 10.3. The summed E-state index contributed by atoms with van der Waals surface area (Å²) in [7, 11) is 1.70. The van der Waals surface area contributed by atoms with Gasteiger partial charge in [0.15, 0.2) is 11.9 Å². The maximum absolute atomic E-state index is 5.31. The van der Waals surface area contributed by atoms with Gasteiger partial charge >= 0.3 is 0 Å². The second kappa shape index (κ2) is 4.61. The normalized spacial score (nSPS) is 30.0. The highest BCUT2D eigenvalue weighted by Gasteiger charge is 2.70. The summed E-state index contributed by atoms with van der Waals surface area (Å²) in [5.41, 5.74) is 2.36. The minimum atomic E-state index is 0.196. The molecule has 3 atom stereocenters. The van der Waals surface area contributed by atoms with Gasteiger partial charge in [-0.3, -0.25) is 4.90 Å². The van der Waals surface area contributed by atoms with Gasteiger partial charge in [0.05, 0.1) is 7.11 Å². The van der Waals surface area contributed by atoms with E-state index in [1.54, 1.807) is 7.11 Å². The lowest BCUT2D eigenvalue weighted by Crippen LogP contribution is -2.84. The van der Waals surface area contributed by atoms with E-state index in [1.165, 1.54) is 36.5 Å². The lowest BCUT2D eigenvalue weighted by atomic mass is 9.75. The van der Waals surface area contributed by atoms with Gasteiger partial charge in [0.1, 0.15) is 5.75 Å². The van der Waals surface area contributed by atoms with Crippen molar-refractivity contribution in [2.24, 2.45) is 0 Å². The molecule has 0 amide bonds. The largest absolute Gasteiger partial charge is 0.497 e. The molecule has 4 heterocycles. The first-order chi connectivity index (χ1) is 12.3. The molecule has 3 saturated heterocycles. The van der Waals surface area contributed by atoms with E-state index in [0.717, 1.165) is 29.1 Å². The monoisotopic (exact) mass is 333 g/mol. The van der Waals surface area contributed by atoms with Crippen molar-refractivity contribution in [3.8, 4) is 17.0 Å². The van der Waals surface area contributed by atoms with Crippen LogP contribution in [0.2, 0.25) is 0 Å². The molecule has 5 heteroatoms. The summed E-state index contributed by atoms with van der Waals surface area (Å²) < 4.78 is 7.56. The first kappa shape index (κ1) is 13.8. The Bertz CT molecular complexity index is 980. The summed E-state index contributed by atoms with van der Waals surface area (Å²) in [6, 6.07) is 14.3. The van der Waals surface area contributed by atoms with Crippen LogP contribution in [0.15, 0.2) is 42.6 Å². The Morgan fingerprint density at radius 3 is 2.68 bits per heavy atom. The van der Waals surface area contributed by atoms with Crippen molar-refractivity contribution in [2.75, 3.05) is 7.11 Å². The van der Waals surface area contributed by atoms with Crippen LogP contribution in [0.5, 0.6) is 5.75 Å². The number of nitrogens with zero attached hydrogens (tertiary/aromatic N) is 3. The third kappa shape index (κ3) is 1.71. The molecular formula is C20H21N4O+. The highest BCUT2D eigenvalue weighted by atomic mass is 16.5. The summed E-state index contributed by atoms with van der Waals surface area (Å²) in [4.78, 5) is 2.70. The van der Waals surface area contributed by atoms with Crippen molar-refractivity contribution >= 4 is 10.8 Å². The Morgan fingerprint density at radius 1 is 1.12 bits per heavy atom. The molecule has 1 aromatic heterocycles. The molecule has 3 aliphatic heterocycles. The third-order valence-electron chi connectivity index (χ3n) is 6.55. The topological polar surface area (TPSA) is 45.0 Å². The van der Waals surface area contributed by atoms with Crippen LogP contribution in [-0.4, -0.2) is 34.4 Å². The number of ether oxygens (including phenoxy) is 1. The van der Waals surface area contributed by atoms with Crippen molar-refractivity contribution in [3.05, 3.63) is 42.6 Å². The van der Waals surface area contributed by atoms with Gasteiger partial charge in [0.2, 0.25) is 5.69 Å². The molecule has 3 aromatic rings. The molecule has 3 fully saturated rings. The van der Waals surface area contributed by atoms with E-state index in [4.69, 9.17) is 4.74 Å². The summed E-state index contributed by atoms with van der Waals surface area (Å²) in [6.07, 6.45) is 7.49. The molecular weight excluding hydrogens is 312 g/mol. The van der Waals surface area contributed by atoms with Gasteiger partial charge in [-0.2, -0.15) is 0 Å². The number of rotatable bonds is 3. The zero-order valence-corrected chi connectivity index (χ0v) is 14.3. The Hall–Kier alpha value is -2.40. The maximum atomic E-state index is 5.31. The fourth-order valence-corrected chi connectivity index (χ4v) is 5.34. The summed E-state index contributed by atoms with van der Waals surface area (Å²) >= 11 is 0. The van der Waals surface area contributed by atoms with E-state index in [9.17, 15) is 0 Å². The molecule has 0 spiro atoms. The number of piperidine rings is 1. The number of benzene rings is 2. The molecule has 0 aliphatic carbocycles. The van der Waals surface area contributed by atoms with Crippen LogP contribution in [0.25, 0.3) is 22.0 Å². The number of aromatic amines is 1. The zero-order chi connectivity index (χ0) is 16.6. The zero-order valence-electron chi connectivity index (χ0n) is 14.3. The molecule has 25 heavy (non-hydrogen) atoms. The lowest BCUT2D eigenvalue weighted by molar-refractivity contribution is -0.868. The highest BCUT2D eigenvalue weighted by molar-refractivity contribution is 5.87. The van der Waals surface area contributed by atoms with Crippen LogP contribution in [-0.2, 0) is 5.66 Å². The van der Waals surface area contributed by atoms with E-state index in [-0.39, 0.29) is 5.66 Å². The van der Waals surface area contributed by atoms with Crippen LogP contribution in [0, 0.1) is 0 Å². The Balaban J connectivity index is 1.35. The van der Waals surface area contributed by atoms with Gasteiger partial charge in [0.25, 0.3) is 0 Å². The second-order valence-electron chi connectivity index (χ2n) is 7.71. The summed E-state index contributed by atoms with van der Waals surface area (Å²) in [5.74, 6) is 0.890. The fourth-order valence-electron chi connectivity index (χ4n) is 5.34. The molecule has 126 valence electrons. The van der Waals surface area contributed by atoms with Crippen molar-refractivity contribution in [3.63, 3.8) is 0 Å². The molecule has 2 unspecified atom stereocenters. The van der Waals surface area contributed by atoms with Crippen molar-refractivity contribution in [2.45, 2.75) is 43.4 Å². The number of nitrogens with one attached hydrogen (secondary N) is 1. The van der Waals surface area contributed by atoms with Crippen LogP contribution < -0.4 is 9.42 Å². The standard InChI is InChI=1S/C20H20N4O/c1-25-18-7-4-13-8-15(3-2-14(13)9-18)19-12-23(22-21-19)20-10-16-5-6-17(11-20)24(16)20/h2-4,7-9,12,16-17H,5-6,10-11H2,1H3/p+1/t16-,17?,20?/m1/s1. The number of hydrogen-bond acceptors (Lipinski definition) is 3. The Morgan fingerprint density at radius 2 is 1.88 bits per heavy atom. The van der Waals surface area contributed by atoms with Gasteiger partial charge < -0.3 is 4.74 Å². The number of aromatic nitrogens is 3. The van der Waals surface area contributed by atoms with Gasteiger partial charge in [-0.25, -0.2) is 0 Å². The number of H-pyrrole nitrogens is 1. The predicted octanol–water partition coefficient (Wildman–Crippen LogP) is 2.82. The minimum absolute atomic E-state index is 0.196. The lowest BCUT2D eigenvalue weighted by Gasteiger charge is -2.62. The highest BCUT2D eigenvalue weighted by Crippen LogP contribution is 2.58.